The maximum atomic E-state index is 12.5. The molecule has 146 valence electrons. The van der Waals surface area contributed by atoms with Gasteiger partial charge in [-0.3, -0.25) is 9.78 Å². The number of nitrogens with one attached hydrogen (secondary N) is 1. The Morgan fingerprint density at radius 1 is 0.931 bits per heavy atom. The first-order valence-electron chi connectivity index (χ1n) is 8.95. The van der Waals surface area contributed by atoms with Gasteiger partial charge >= 0.3 is 0 Å². The van der Waals surface area contributed by atoms with E-state index in [-0.39, 0.29) is 18.3 Å². The summed E-state index contributed by atoms with van der Waals surface area (Å²) in [5, 5.41) is 2.93. The van der Waals surface area contributed by atoms with Crippen LogP contribution in [-0.2, 0) is 0 Å². The predicted octanol–water partition coefficient (Wildman–Crippen LogP) is 5.69. The molecule has 6 heteroatoms. The number of carbonyl (C=O) groups is 1. The number of aromatic nitrogens is 2. The number of carbonyl (C=O) groups excluding carboxylic acids is 1. The van der Waals surface area contributed by atoms with Gasteiger partial charge in [-0.1, -0.05) is 18.2 Å². The predicted molar refractivity (Wildman–Crippen MR) is 116 cm³/mol. The van der Waals surface area contributed by atoms with Gasteiger partial charge in [0.05, 0.1) is 6.20 Å². The molecule has 1 amide bonds. The molecule has 0 aliphatic heterocycles. The molecule has 29 heavy (non-hydrogen) atoms. The molecule has 4 rings (SSSR count). The van der Waals surface area contributed by atoms with Gasteiger partial charge < -0.3 is 9.73 Å². The highest BCUT2D eigenvalue weighted by Gasteiger charge is 2.10. The van der Waals surface area contributed by atoms with E-state index in [1.54, 1.807) is 30.9 Å². The molecule has 0 bridgehead atoms. The monoisotopic (exact) mass is 405 g/mol. The zero-order valence-electron chi connectivity index (χ0n) is 16.0. The van der Waals surface area contributed by atoms with Crippen molar-refractivity contribution in [2.24, 2.45) is 0 Å². The fraction of sp³-hybridized carbons (Fsp3) is 0.0870. The van der Waals surface area contributed by atoms with Crippen LogP contribution < -0.4 is 5.32 Å². The Hall–Kier alpha value is -3.44. The number of anilines is 1. The molecule has 0 saturated carbocycles. The van der Waals surface area contributed by atoms with Crippen LogP contribution in [0.3, 0.4) is 0 Å². The molecule has 0 aliphatic rings. The zero-order valence-corrected chi connectivity index (χ0v) is 16.9. The minimum Gasteiger partial charge on any atom is -0.445 e. The second kappa shape index (κ2) is 8.71. The van der Waals surface area contributed by atoms with Crippen LogP contribution in [0.2, 0.25) is 0 Å². The number of oxazole rings is 1. The highest BCUT2D eigenvalue weighted by atomic mass is 35.5. The molecule has 0 aliphatic carbocycles. The van der Waals surface area contributed by atoms with E-state index in [2.05, 4.69) is 34.3 Å². The molecule has 0 saturated heterocycles. The largest absolute Gasteiger partial charge is 0.445 e. The van der Waals surface area contributed by atoms with E-state index < -0.39 is 0 Å². The Balaban J connectivity index is 0.00000240. The molecule has 0 spiro atoms. The summed E-state index contributed by atoms with van der Waals surface area (Å²) in [6, 6.07) is 15.6. The second-order valence-corrected chi connectivity index (χ2v) is 6.59. The molecule has 0 unspecified atom stereocenters. The topological polar surface area (TPSA) is 68.0 Å². The van der Waals surface area contributed by atoms with Crippen molar-refractivity contribution in [1.82, 2.24) is 9.97 Å². The summed E-state index contributed by atoms with van der Waals surface area (Å²) < 4.78 is 5.40. The van der Waals surface area contributed by atoms with Gasteiger partial charge in [0.15, 0.2) is 0 Å². The average molecular weight is 406 g/mol. The van der Waals surface area contributed by atoms with E-state index in [9.17, 15) is 4.79 Å². The summed E-state index contributed by atoms with van der Waals surface area (Å²) in [5.74, 6) is 0.451. The van der Waals surface area contributed by atoms with Gasteiger partial charge in [0.2, 0.25) is 5.89 Å². The first kappa shape index (κ1) is 20.3. The molecule has 0 radical (unpaired) electrons. The highest BCUT2D eigenvalue weighted by Crippen LogP contribution is 2.29. The van der Waals surface area contributed by atoms with Gasteiger partial charge in [0.25, 0.3) is 5.91 Å². The number of nitrogens with zero attached hydrogens (tertiary/aromatic N) is 2. The van der Waals surface area contributed by atoms with E-state index in [4.69, 9.17) is 4.42 Å². The minimum absolute atomic E-state index is 0. The van der Waals surface area contributed by atoms with Crippen LogP contribution in [0.25, 0.3) is 22.6 Å². The molecular weight excluding hydrogens is 386 g/mol. The summed E-state index contributed by atoms with van der Waals surface area (Å²) in [7, 11) is 0. The molecule has 2 aromatic heterocycles. The van der Waals surface area contributed by atoms with Crippen molar-refractivity contribution in [3.05, 3.63) is 90.1 Å². The van der Waals surface area contributed by atoms with Crippen molar-refractivity contribution >= 4 is 24.0 Å². The van der Waals surface area contributed by atoms with Gasteiger partial charge in [-0.05, 0) is 66.4 Å². The van der Waals surface area contributed by atoms with Crippen molar-refractivity contribution in [2.75, 3.05) is 5.32 Å². The van der Waals surface area contributed by atoms with Crippen LogP contribution in [0, 0.1) is 13.8 Å². The number of halogens is 1. The first-order valence-corrected chi connectivity index (χ1v) is 8.95. The van der Waals surface area contributed by atoms with Crippen molar-refractivity contribution in [2.45, 2.75) is 13.8 Å². The molecule has 0 atom stereocenters. The van der Waals surface area contributed by atoms with Crippen molar-refractivity contribution in [1.29, 1.82) is 0 Å². The lowest BCUT2D eigenvalue weighted by atomic mass is 9.98. The normalized spacial score (nSPS) is 10.3. The van der Waals surface area contributed by atoms with Crippen LogP contribution in [0.4, 0.5) is 5.69 Å². The Morgan fingerprint density at radius 3 is 2.38 bits per heavy atom. The smallest absolute Gasteiger partial charge is 0.256 e. The van der Waals surface area contributed by atoms with Crippen LogP contribution in [0.15, 0.2) is 77.8 Å². The zero-order chi connectivity index (χ0) is 19.5. The Bertz CT molecular complexity index is 1120. The number of amides is 1. The van der Waals surface area contributed by atoms with Gasteiger partial charge in [0, 0.05) is 29.2 Å². The van der Waals surface area contributed by atoms with Gasteiger partial charge in [-0.15, -0.1) is 12.4 Å². The summed E-state index contributed by atoms with van der Waals surface area (Å²) >= 11 is 0. The van der Waals surface area contributed by atoms with Crippen LogP contribution in [-0.4, -0.2) is 15.9 Å². The summed E-state index contributed by atoms with van der Waals surface area (Å²) in [4.78, 5) is 20.7. The quantitative estimate of drug-likeness (QED) is 0.473. The third kappa shape index (κ3) is 4.36. The van der Waals surface area contributed by atoms with E-state index in [1.807, 2.05) is 37.3 Å². The van der Waals surface area contributed by atoms with E-state index in [0.29, 0.717) is 11.5 Å². The lowest BCUT2D eigenvalue weighted by Crippen LogP contribution is -2.13. The summed E-state index contributed by atoms with van der Waals surface area (Å²) in [5.41, 5.74) is 6.44. The van der Waals surface area contributed by atoms with Crippen LogP contribution in [0.1, 0.15) is 21.5 Å². The molecule has 5 nitrogen and oxygen atoms in total. The molecule has 0 fully saturated rings. The van der Waals surface area contributed by atoms with E-state index >= 15 is 0 Å². The standard InChI is InChI=1S/C23H19N3O2.ClH/c1-15-3-4-18(23-25-11-12-28-23)13-21(15)17-5-7-19(8-6-17)26-22(27)20-9-10-24-14-16(20)2;/h3-14H,1-2H3,(H,26,27);1H. The number of benzene rings is 2. The lowest BCUT2D eigenvalue weighted by Gasteiger charge is -2.10. The maximum Gasteiger partial charge on any atom is 0.256 e. The maximum absolute atomic E-state index is 12.5. The highest BCUT2D eigenvalue weighted by molar-refractivity contribution is 6.05. The third-order valence-corrected chi connectivity index (χ3v) is 4.64. The third-order valence-electron chi connectivity index (χ3n) is 4.64. The van der Waals surface area contributed by atoms with E-state index in [0.717, 1.165) is 33.5 Å². The number of hydrogen-bond donors (Lipinski definition) is 1. The van der Waals surface area contributed by atoms with Crippen molar-refractivity contribution < 1.29 is 9.21 Å². The number of rotatable bonds is 4. The average Bonchev–Trinajstić information content (AvgIpc) is 3.24. The Morgan fingerprint density at radius 2 is 1.69 bits per heavy atom. The fourth-order valence-electron chi connectivity index (χ4n) is 3.09. The van der Waals surface area contributed by atoms with Gasteiger partial charge in [-0.2, -0.15) is 0 Å². The molecule has 1 N–H and O–H groups in total. The Labute approximate surface area is 175 Å². The first-order chi connectivity index (χ1) is 13.6. The molecule has 4 aromatic rings. The lowest BCUT2D eigenvalue weighted by molar-refractivity contribution is 0.102. The second-order valence-electron chi connectivity index (χ2n) is 6.59. The van der Waals surface area contributed by atoms with Gasteiger partial charge in [-0.25, -0.2) is 4.98 Å². The van der Waals surface area contributed by atoms with Crippen LogP contribution in [0.5, 0.6) is 0 Å². The number of pyridine rings is 1. The summed E-state index contributed by atoms with van der Waals surface area (Å²) in [6.45, 7) is 3.94. The minimum atomic E-state index is -0.144. The number of aryl methyl sites for hydroxylation is 2. The van der Waals surface area contributed by atoms with Crippen molar-refractivity contribution in [3.8, 4) is 22.6 Å². The number of hydrogen-bond acceptors (Lipinski definition) is 4. The molecular formula is C23H20ClN3O2. The fourth-order valence-corrected chi connectivity index (χ4v) is 3.09. The van der Waals surface area contributed by atoms with Gasteiger partial charge in [0.1, 0.15) is 6.26 Å². The molecule has 2 heterocycles. The molecule has 2 aromatic carbocycles. The SMILES string of the molecule is Cc1cnccc1C(=O)Nc1ccc(-c2cc(-c3ncco3)ccc2C)cc1.Cl. The summed E-state index contributed by atoms with van der Waals surface area (Å²) in [6.07, 6.45) is 6.50. The van der Waals surface area contributed by atoms with Crippen molar-refractivity contribution in [3.63, 3.8) is 0 Å². The van der Waals surface area contributed by atoms with Crippen LogP contribution >= 0.6 is 12.4 Å². The van der Waals surface area contributed by atoms with E-state index in [1.165, 1.54) is 0 Å². The Kier molecular flexibility index (Phi) is 6.10.